The third-order valence-corrected chi connectivity index (χ3v) is 11.5. The zero-order valence-corrected chi connectivity index (χ0v) is 37.6. The summed E-state index contributed by atoms with van der Waals surface area (Å²) in [6.45, 7) is 1.98. The number of esters is 2. The van der Waals surface area contributed by atoms with Crippen LogP contribution < -0.4 is 0 Å². The topological polar surface area (TPSA) is 210 Å². The van der Waals surface area contributed by atoms with Gasteiger partial charge < -0.3 is 39.9 Å². The van der Waals surface area contributed by atoms with Gasteiger partial charge in [0.1, 0.15) is 12.7 Å². The molecule has 0 radical (unpaired) electrons. The first kappa shape index (κ1) is 55.8. The van der Waals surface area contributed by atoms with Crippen LogP contribution in [0.25, 0.3) is 0 Å². The second-order valence-electron chi connectivity index (χ2n) is 16.0. The number of carbonyl (C=O) groups is 2. The summed E-state index contributed by atoms with van der Waals surface area (Å²) in [6.07, 6.45) is 31.3. The lowest BCUT2D eigenvalue weighted by molar-refractivity contribution is -0.161. The molecule has 0 heterocycles. The molecule has 0 amide bonds. The highest BCUT2D eigenvalue weighted by atomic mass is 31.2. The van der Waals surface area contributed by atoms with Crippen LogP contribution >= 0.6 is 7.82 Å². The van der Waals surface area contributed by atoms with Gasteiger partial charge in [-0.25, -0.2) is 4.57 Å². The van der Waals surface area contributed by atoms with Crippen molar-refractivity contribution in [2.24, 2.45) is 11.8 Å². The lowest BCUT2D eigenvalue weighted by Gasteiger charge is -2.21. The lowest BCUT2D eigenvalue weighted by Crippen LogP contribution is -2.29. The maximum atomic E-state index is 12.8. The second kappa shape index (κ2) is 36.3. The molecule has 0 bridgehead atoms. The Hall–Kier alpha value is -2.19. The maximum Gasteiger partial charge on any atom is 0.472 e. The van der Waals surface area contributed by atoms with E-state index in [9.17, 15) is 39.5 Å². The normalized spacial score (nSPS) is 21.0. The summed E-state index contributed by atoms with van der Waals surface area (Å²) in [6, 6.07) is 0. The van der Waals surface area contributed by atoms with Crippen LogP contribution in [-0.2, 0) is 32.7 Å². The number of rotatable bonds is 38. The van der Waals surface area contributed by atoms with Crippen molar-refractivity contribution >= 4 is 19.8 Å². The molecular formula is C46H81O13P. The van der Waals surface area contributed by atoms with Crippen LogP contribution in [-0.4, -0.2) is 99.3 Å². The molecule has 1 aliphatic rings. The van der Waals surface area contributed by atoms with E-state index in [1.165, 1.54) is 19.3 Å². The molecule has 1 rings (SSSR count). The molecule has 0 saturated heterocycles. The van der Waals surface area contributed by atoms with Crippen LogP contribution in [0.1, 0.15) is 162 Å². The number of unbranched alkanes of at least 4 members (excludes halogenated alkanes) is 12. The Kier molecular flexibility index (Phi) is 33.8. The minimum absolute atomic E-state index is 0.0508. The average Bonchev–Trinajstić information content (AvgIpc) is 3.49. The number of phosphoric acid groups is 1. The Morgan fingerprint density at radius 3 is 1.92 bits per heavy atom. The zero-order valence-electron chi connectivity index (χ0n) is 36.7. The molecule has 1 saturated carbocycles. The van der Waals surface area contributed by atoms with E-state index in [4.69, 9.17) is 19.1 Å². The zero-order chi connectivity index (χ0) is 44.3. The summed E-state index contributed by atoms with van der Waals surface area (Å²) in [4.78, 5) is 35.2. The first-order chi connectivity index (χ1) is 28.9. The van der Waals surface area contributed by atoms with Gasteiger partial charge in [-0.1, -0.05) is 127 Å². The van der Waals surface area contributed by atoms with Crippen molar-refractivity contribution in [2.45, 2.75) is 192 Å². The average molecular weight is 873 g/mol. The van der Waals surface area contributed by atoms with Gasteiger partial charge in [0.05, 0.1) is 38.1 Å². The Balaban J connectivity index is 2.45. The summed E-state index contributed by atoms with van der Waals surface area (Å²) in [5.41, 5.74) is 0. The Labute approximate surface area is 360 Å². The molecule has 348 valence electrons. The van der Waals surface area contributed by atoms with Crippen LogP contribution in [0, 0.1) is 11.8 Å². The van der Waals surface area contributed by atoms with Crippen LogP contribution in [0.4, 0.5) is 0 Å². The van der Waals surface area contributed by atoms with Gasteiger partial charge in [0.2, 0.25) is 0 Å². The molecule has 1 fully saturated rings. The molecule has 0 spiro atoms. The molecular weight excluding hydrogens is 791 g/mol. The summed E-state index contributed by atoms with van der Waals surface area (Å²) < 4.78 is 32.8. The minimum atomic E-state index is -4.69. The standard InChI is InChI=1S/C46H81O13P/c1-3-5-7-8-9-10-11-12-13-14-15-16-17-18-19-20-25-29-45(52)56-36-40(37-58-60(54,55)57-35-39(49)34-47)59-46(53)30-26-22-21-24-28-41-42(44(51)33-43(41)50)32-31-38(48)27-23-6-4-2/h9-10,12-13,15-16,31-32,38-44,47-51H,3-8,11,14,17-30,33-37H2,1-2H3,(H,54,55)/b10-9-,13-12-,16-15-,32-31+/t38-,39-,40+,41+,42+,43-,44+/m0/s1. The molecule has 1 aliphatic carbocycles. The van der Waals surface area contributed by atoms with Gasteiger partial charge in [-0.3, -0.25) is 18.6 Å². The van der Waals surface area contributed by atoms with Crippen molar-refractivity contribution in [3.05, 3.63) is 48.6 Å². The minimum Gasteiger partial charge on any atom is -0.462 e. The number of aliphatic hydroxyl groups is 5. The van der Waals surface area contributed by atoms with Crippen molar-refractivity contribution in [1.29, 1.82) is 0 Å². The summed E-state index contributed by atoms with van der Waals surface area (Å²) in [5, 5.41) is 49.8. The number of carbonyl (C=O) groups excluding carboxylic acids is 2. The molecule has 8 atom stereocenters. The fourth-order valence-electron chi connectivity index (χ4n) is 6.98. The predicted molar refractivity (Wildman–Crippen MR) is 235 cm³/mol. The monoisotopic (exact) mass is 873 g/mol. The SMILES string of the molecule is CCCCC/C=C\C/C=C\C/C=C\CCCCCCC(=O)OC[C@H](COP(=O)(O)OC[C@@H](O)CO)OC(=O)CCCCCC[C@@H]1[C@@H](/C=C/[C@@H](O)CCCCC)[C@H](O)C[C@@H]1O. The summed E-state index contributed by atoms with van der Waals surface area (Å²) >= 11 is 0. The van der Waals surface area contributed by atoms with Gasteiger partial charge in [-0.15, -0.1) is 0 Å². The molecule has 14 heteroatoms. The van der Waals surface area contributed by atoms with Gasteiger partial charge in [0.15, 0.2) is 6.10 Å². The fourth-order valence-corrected chi connectivity index (χ4v) is 7.77. The van der Waals surface area contributed by atoms with E-state index in [0.29, 0.717) is 38.5 Å². The quantitative estimate of drug-likeness (QED) is 0.0149. The highest BCUT2D eigenvalue weighted by molar-refractivity contribution is 7.47. The van der Waals surface area contributed by atoms with Crippen molar-refractivity contribution in [3.8, 4) is 0 Å². The van der Waals surface area contributed by atoms with Crippen molar-refractivity contribution in [2.75, 3.05) is 26.4 Å². The lowest BCUT2D eigenvalue weighted by atomic mass is 9.88. The Morgan fingerprint density at radius 1 is 0.700 bits per heavy atom. The molecule has 13 nitrogen and oxygen atoms in total. The first-order valence-corrected chi connectivity index (χ1v) is 24.3. The molecule has 0 aromatic carbocycles. The highest BCUT2D eigenvalue weighted by Crippen LogP contribution is 2.43. The third-order valence-electron chi connectivity index (χ3n) is 10.6. The Morgan fingerprint density at radius 2 is 1.27 bits per heavy atom. The maximum absolute atomic E-state index is 12.8. The molecule has 0 aromatic heterocycles. The van der Waals surface area contributed by atoms with Gasteiger partial charge >= 0.3 is 19.8 Å². The molecule has 1 unspecified atom stereocenters. The van der Waals surface area contributed by atoms with E-state index in [2.05, 4.69) is 54.8 Å². The summed E-state index contributed by atoms with van der Waals surface area (Å²) in [7, 11) is -4.69. The van der Waals surface area contributed by atoms with E-state index in [-0.39, 0.29) is 31.3 Å². The largest absolute Gasteiger partial charge is 0.472 e. The third kappa shape index (κ3) is 30.0. The van der Waals surface area contributed by atoms with Crippen LogP contribution in [0.15, 0.2) is 48.6 Å². The van der Waals surface area contributed by atoms with Crippen molar-refractivity contribution < 1.29 is 63.1 Å². The predicted octanol–water partition coefficient (Wildman–Crippen LogP) is 8.49. The van der Waals surface area contributed by atoms with Gasteiger partial charge in [0.25, 0.3) is 0 Å². The van der Waals surface area contributed by atoms with Gasteiger partial charge in [0, 0.05) is 25.2 Å². The van der Waals surface area contributed by atoms with E-state index in [0.717, 1.165) is 77.0 Å². The summed E-state index contributed by atoms with van der Waals surface area (Å²) in [5.74, 6) is -1.43. The fraction of sp³-hybridized carbons (Fsp3) is 0.783. The molecule has 60 heavy (non-hydrogen) atoms. The van der Waals surface area contributed by atoms with Gasteiger partial charge in [-0.05, 0) is 70.1 Å². The van der Waals surface area contributed by atoms with E-state index < -0.39 is 70.1 Å². The smallest absolute Gasteiger partial charge is 0.462 e. The van der Waals surface area contributed by atoms with Crippen LogP contribution in [0.3, 0.4) is 0 Å². The number of hydrogen-bond acceptors (Lipinski definition) is 12. The Bertz CT molecular complexity index is 1250. The number of hydrogen-bond donors (Lipinski definition) is 6. The molecule has 6 N–H and O–H groups in total. The van der Waals surface area contributed by atoms with E-state index in [1.807, 2.05) is 6.08 Å². The second-order valence-corrected chi connectivity index (χ2v) is 17.5. The van der Waals surface area contributed by atoms with E-state index >= 15 is 0 Å². The number of ether oxygens (including phenoxy) is 2. The van der Waals surface area contributed by atoms with Crippen molar-refractivity contribution in [1.82, 2.24) is 0 Å². The van der Waals surface area contributed by atoms with Crippen LogP contribution in [0.5, 0.6) is 0 Å². The number of aliphatic hydroxyl groups excluding tert-OH is 5. The van der Waals surface area contributed by atoms with Crippen molar-refractivity contribution in [3.63, 3.8) is 0 Å². The van der Waals surface area contributed by atoms with Gasteiger partial charge in [-0.2, -0.15) is 0 Å². The first-order valence-electron chi connectivity index (χ1n) is 22.9. The molecule has 0 aliphatic heterocycles. The molecule has 0 aromatic rings. The number of allylic oxidation sites excluding steroid dienone is 6. The van der Waals surface area contributed by atoms with Crippen LogP contribution in [0.2, 0.25) is 0 Å². The number of phosphoric ester groups is 1. The highest BCUT2D eigenvalue weighted by Gasteiger charge is 2.39. The van der Waals surface area contributed by atoms with E-state index in [1.54, 1.807) is 6.08 Å².